The van der Waals surface area contributed by atoms with Crippen molar-refractivity contribution in [3.05, 3.63) is 51.6 Å². The maximum atomic E-state index is 13.5. The van der Waals surface area contributed by atoms with Gasteiger partial charge in [-0.2, -0.15) is 5.26 Å². The number of aromatic nitrogens is 2. The van der Waals surface area contributed by atoms with Gasteiger partial charge in [0, 0.05) is 11.8 Å². The lowest BCUT2D eigenvalue weighted by Crippen LogP contribution is -2.09. The average Bonchev–Trinajstić information content (AvgIpc) is 2.37. The molecule has 0 saturated carbocycles. The molecule has 0 saturated heterocycles. The van der Waals surface area contributed by atoms with E-state index in [9.17, 15) is 9.18 Å². The highest BCUT2D eigenvalue weighted by molar-refractivity contribution is 7.98. The molecule has 1 heterocycles. The highest BCUT2D eigenvalue weighted by atomic mass is 32.2. The predicted octanol–water partition coefficient (Wildman–Crippen LogP) is 1.66. The molecule has 7 heteroatoms. The van der Waals surface area contributed by atoms with E-state index >= 15 is 0 Å². The molecule has 0 unspecified atom stereocenters. The Morgan fingerprint density at radius 1 is 1.47 bits per heavy atom. The summed E-state index contributed by atoms with van der Waals surface area (Å²) < 4.78 is 13.5. The molecule has 2 rings (SSSR count). The van der Waals surface area contributed by atoms with Crippen LogP contribution in [0.2, 0.25) is 0 Å². The van der Waals surface area contributed by atoms with Crippen LogP contribution in [0.15, 0.2) is 34.2 Å². The third kappa shape index (κ3) is 3.33. The molecule has 0 aliphatic heterocycles. The van der Waals surface area contributed by atoms with E-state index in [1.54, 1.807) is 0 Å². The number of hydrogen-bond acceptors (Lipinski definition) is 5. The number of aromatic amines is 1. The molecule has 0 atom stereocenters. The first-order chi connectivity index (χ1) is 9.08. The molecule has 0 radical (unpaired) electrons. The largest absolute Gasteiger partial charge is 0.383 e. The summed E-state index contributed by atoms with van der Waals surface area (Å²) in [5.41, 5.74) is 5.83. The van der Waals surface area contributed by atoms with Crippen molar-refractivity contribution in [1.82, 2.24) is 9.97 Å². The minimum absolute atomic E-state index is 0.109. The van der Waals surface area contributed by atoms with Crippen molar-refractivity contribution in [2.24, 2.45) is 0 Å². The Hall–Kier alpha value is -2.33. The minimum atomic E-state index is -0.405. The number of anilines is 1. The predicted molar refractivity (Wildman–Crippen MR) is 69.9 cm³/mol. The van der Waals surface area contributed by atoms with Gasteiger partial charge < -0.3 is 10.7 Å². The van der Waals surface area contributed by atoms with E-state index in [4.69, 9.17) is 11.0 Å². The van der Waals surface area contributed by atoms with Crippen LogP contribution in [0, 0.1) is 17.1 Å². The van der Waals surface area contributed by atoms with E-state index in [0.717, 1.165) is 11.8 Å². The second-order valence-electron chi connectivity index (χ2n) is 3.68. The molecule has 96 valence electrons. The smallest absolute Gasteiger partial charge is 0.253 e. The van der Waals surface area contributed by atoms with Gasteiger partial charge in [-0.15, -0.1) is 0 Å². The van der Waals surface area contributed by atoms with Crippen LogP contribution in [0.25, 0.3) is 0 Å². The number of nitrogens with zero attached hydrogens (tertiary/aromatic N) is 2. The van der Waals surface area contributed by atoms with E-state index in [-0.39, 0.29) is 17.1 Å². The van der Waals surface area contributed by atoms with Gasteiger partial charge in [0.25, 0.3) is 5.56 Å². The van der Waals surface area contributed by atoms with Crippen LogP contribution in [-0.4, -0.2) is 9.97 Å². The van der Waals surface area contributed by atoms with Gasteiger partial charge in [-0.05, 0) is 23.8 Å². The second kappa shape index (κ2) is 5.54. The summed E-state index contributed by atoms with van der Waals surface area (Å²) in [5, 5.41) is 9.07. The summed E-state index contributed by atoms with van der Waals surface area (Å²) in [6.07, 6.45) is 0. The number of thioether (sulfide) groups is 1. The lowest BCUT2D eigenvalue weighted by Gasteiger charge is -2.03. The molecule has 1 aromatic heterocycles. The zero-order chi connectivity index (χ0) is 13.8. The van der Waals surface area contributed by atoms with Crippen LogP contribution in [0.5, 0.6) is 0 Å². The van der Waals surface area contributed by atoms with E-state index in [1.165, 1.54) is 24.3 Å². The molecule has 0 aliphatic carbocycles. The molecule has 5 nitrogen and oxygen atoms in total. The number of nitrogens with two attached hydrogens (primary N) is 1. The fourth-order valence-corrected chi connectivity index (χ4v) is 2.28. The minimum Gasteiger partial charge on any atom is -0.383 e. The van der Waals surface area contributed by atoms with E-state index in [2.05, 4.69) is 9.97 Å². The number of hydrogen-bond donors (Lipinski definition) is 2. The summed E-state index contributed by atoms with van der Waals surface area (Å²) in [6, 6.07) is 7.22. The van der Waals surface area contributed by atoms with Crippen LogP contribution >= 0.6 is 11.8 Å². The molecule has 0 bridgehead atoms. The van der Waals surface area contributed by atoms with Crippen LogP contribution in [0.1, 0.15) is 11.1 Å². The number of nitriles is 1. The Morgan fingerprint density at radius 3 is 2.95 bits per heavy atom. The number of rotatable bonds is 3. The molecule has 2 aromatic rings. The van der Waals surface area contributed by atoms with Gasteiger partial charge >= 0.3 is 0 Å². The van der Waals surface area contributed by atoms with Crippen molar-refractivity contribution in [3.63, 3.8) is 0 Å². The Kier molecular flexibility index (Phi) is 3.82. The van der Waals surface area contributed by atoms with Gasteiger partial charge in [0.05, 0.1) is 11.6 Å². The normalized spacial score (nSPS) is 10.1. The van der Waals surface area contributed by atoms with Gasteiger partial charge in [-0.1, -0.05) is 11.8 Å². The first-order valence-electron chi connectivity index (χ1n) is 5.26. The molecular formula is C12H9FN4OS. The number of nitrogen functional groups attached to an aromatic ring is 1. The van der Waals surface area contributed by atoms with Crippen molar-refractivity contribution in [3.8, 4) is 6.07 Å². The first-order valence-corrected chi connectivity index (χ1v) is 6.25. The fourth-order valence-electron chi connectivity index (χ4n) is 1.42. The van der Waals surface area contributed by atoms with Crippen molar-refractivity contribution >= 4 is 17.6 Å². The van der Waals surface area contributed by atoms with Crippen molar-refractivity contribution in [2.45, 2.75) is 10.9 Å². The summed E-state index contributed by atoms with van der Waals surface area (Å²) in [7, 11) is 0. The Labute approximate surface area is 112 Å². The maximum absolute atomic E-state index is 13.5. The highest BCUT2D eigenvalue weighted by Crippen LogP contribution is 2.21. The molecule has 0 spiro atoms. The molecular weight excluding hydrogens is 267 g/mol. The molecule has 0 fully saturated rings. The van der Waals surface area contributed by atoms with Gasteiger partial charge in [-0.3, -0.25) is 4.79 Å². The zero-order valence-electron chi connectivity index (χ0n) is 9.68. The quantitative estimate of drug-likeness (QED) is 0.656. The van der Waals surface area contributed by atoms with Crippen LogP contribution in [0.4, 0.5) is 10.2 Å². The van der Waals surface area contributed by atoms with E-state index < -0.39 is 5.82 Å². The SMILES string of the molecule is N#Cc1ccc(F)c(CSc2nc(N)cc(=O)[nH]2)c1. The fraction of sp³-hybridized carbons (Fsp3) is 0.0833. The van der Waals surface area contributed by atoms with Crippen LogP contribution in [-0.2, 0) is 5.75 Å². The lowest BCUT2D eigenvalue weighted by molar-refractivity contribution is 0.617. The van der Waals surface area contributed by atoms with Crippen LogP contribution in [0.3, 0.4) is 0 Å². The van der Waals surface area contributed by atoms with Gasteiger partial charge in [0.1, 0.15) is 11.6 Å². The second-order valence-corrected chi connectivity index (χ2v) is 4.65. The molecule has 3 N–H and O–H groups in total. The summed E-state index contributed by atoms with van der Waals surface area (Å²) in [4.78, 5) is 17.6. The van der Waals surface area contributed by atoms with Gasteiger partial charge in [0.15, 0.2) is 5.16 Å². The molecule has 1 aromatic carbocycles. The molecule has 0 aliphatic rings. The molecule has 19 heavy (non-hydrogen) atoms. The number of H-pyrrole nitrogens is 1. The number of benzene rings is 1. The third-order valence-corrected chi connectivity index (χ3v) is 3.20. The zero-order valence-corrected chi connectivity index (χ0v) is 10.5. The third-order valence-electron chi connectivity index (χ3n) is 2.28. The highest BCUT2D eigenvalue weighted by Gasteiger charge is 2.06. The summed E-state index contributed by atoms with van der Waals surface area (Å²) in [5.74, 6) is -0.0523. The Bertz CT molecular complexity index is 708. The van der Waals surface area contributed by atoms with E-state index in [0.29, 0.717) is 16.3 Å². The summed E-state index contributed by atoms with van der Waals surface area (Å²) in [6.45, 7) is 0. The lowest BCUT2D eigenvalue weighted by atomic mass is 10.1. The van der Waals surface area contributed by atoms with Crippen LogP contribution < -0.4 is 11.3 Å². The maximum Gasteiger partial charge on any atom is 0.253 e. The van der Waals surface area contributed by atoms with Crippen molar-refractivity contribution in [2.75, 3.05) is 5.73 Å². The Morgan fingerprint density at radius 2 is 2.26 bits per heavy atom. The standard InChI is InChI=1S/C12H9FN4OS/c13-9-2-1-7(5-14)3-8(9)6-19-12-16-10(15)4-11(18)17-12/h1-4H,6H2,(H3,15,16,17,18). The van der Waals surface area contributed by atoms with Gasteiger partial charge in [-0.25, -0.2) is 9.37 Å². The average molecular weight is 276 g/mol. The molecule has 0 amide bonds. The van der Waals surface area contributed by atoms with E-state index in [1.807, 2.05) is 6.07 Å². The Balaban J connectivity index is 2.19. The summed E-state index contributed by atoms with van der Waals surface area (Å²) >= 11 is 1.14. The van der Waals surface area contributed by atoms with Crippen molar-refractivity contribution in [1.29, 1.82) is 5.26 Å². The first kappa shape index (κ1) is 13.1. The number of halogens is 1. The monoisotopic (exact) mass is 276 g/mol. The topological polar surface area (TPSA) is 95.6 Å². The number of nitrogens with one attached hydrogen (secondary N) is 1. The van der Waals surface area contributed by atoms with Crippen molar-refractivity contribution < 1.29 is 4.39 Å². The van der Waals surface area contributed by atoms with Gasteiger partial charge in [0.2, 0.25) is 0 Å².